The van der Waals surface area contributed by atoms with Gasteiger partial charge in [-0.05, 0) is 59.6 Å². The number of hydrogen-bond donors (Lipinski definition) is 1. The quantitative estimate of drug-likeness (QED) is 0.371. The van der Waals surface area contributed by atoms with E-state index in [9.17, 15) is 4.79 Å². The maximum Gasteiger partial charge on any atom is 0.271 e. The predicted octanol–water partition coefficient (Wildman–Crippen LogP) is 5.17. The summed E-state index contributed by atoms with van der Waals surface area (Å²) in [5.41, 5.74) is 3.68. The molecule has 0 aliphatic carbocycles. The second-order valence-corrected chi connectivity index (χ2v) is 7.42. The number of carbonyl (C=O) groups is 1. The molecule has 8 heteroatoms. The lowest BCUT2D eigenvalue weighted by molar-refractivity contribution is 0.0954. The first-order valence-electron chi connectivity index (χ1n) is 8.76. The third-order valence-electron chi connectivity index (χ3n) is 3.58. The van der Waals surface area contributed by atoms with Gasteiger partial charge in [0, 0.05) is 15.6 Å². The highest BCUT2D eigenvalue weighted by Gasteiger charge is 2.12. The van der Waals surface area contributed by atoms with Gasteiger partial charge in [-0.15, -0.1) is 0 Å². The standard InChI is InChI=1S/C20H22Br2N2O4/c1-4-8-28-19-14(9-15(21)11-16(19)22)12-23-24-20(25)13-6-7-17(26-3)18(10-13)27-5-2/h6-7,9-12H,4-5,8H2,1-3H3,(H,24,25)/b23-12+. The lowest BCUT2D eigenvalue weighted by atomic mass is 10.2. The van der Waals surface area contributed by atoms with E-state index >= 15 is 0 Å². The predicted molar refractivity (Wildman–Crippen MR) is 117 cm³/mol. The van der Waals surface area contributed by atoms with Crippen molar-refractivity contribution >= 4 is 44.0 Å². The summed E-state index contributed by atoms with van der Waals surface area (Å²) >= 11 is 6.94. The van der Waals surface area contributed by atoms with Gasteiger partial charge in [-0.25, -0.2) is 5.43 Å². The largest absolute Gasteiger partial charge is 0.493 e. The van der Waals surface area contributed by atoms with Crippen LogP contribution in [0.25, 0.3) is 0 Å². The monoisotopic (exact) mass is 512 g/mol. The molecule has 0 fully saturated rings. The van der Waals surface area contributed by atoms with Crippen molar-refractivity contribution in [2.24, 2.45) is 5.10 Å². The van der Waals surface area contributed by atoms with Gasteiger partial charge in [-0.3, -0.25) is 4.79 Å². The number of benzene rings is 2. The Morgan fingerprint density at radius 1 is 1.14 bits per heavy atom. The number of hydrazone groups is 1. The molecule has 6 nitrogen and oxygen atoms in total. The highest BCUT2D eigenvalue weighted by Crippen LogP contribution is 2.32. The number of carbonyl (C=O) groups excluding carboxylic acids is 1. The maximum absolute atomic E-state index is 12.4. The molecule has 0 aliphatic rings. The Hall–Kier alpha value is -2.06. The Labute approximate surface area is 181 Å². The first kappa shape index (κ1) is 22.2. The Bertz CT molecular complexity index is 856. The fourth-order valence-electron chi connectivity index (χ4n) is 2.34. The molecule has 0 atom stereocenters. The third-order valence-corrected chi connectivity index (χ3v) is 4.63. The van der Waals surface area contributed by atoms with Crippen molar-refractivity contribution in [2.45, 2.75) is 20.3 Å². The molecule has 0 saturated heterocycles. The number of hydrogen-bond acceptors (Lipinski definition) is 5. The van der Waals surface area contributed by atoms with Crippen molar-refractivity contribution in [3.63, 3.8) is 0 Å². The molecule has 28 heavy (non-hydrogen) atoms. The molecule has 0 bridgehead atoms. The molecule has 2 aromatic carbocycles. The number of nitrogens with one attached hydrogen (secondary N) is 1. The van der Waals surface area contributed by atoms with E-state index in [1.54, 1.807) is 31.5 Å². The van der Waals surface area contributed by atoms with Crippen LogP contribution in [-0.2, 0) is 0 Å². The molecule has 2 aromatic rings. The van der Waals surface area contributed by atoms with Crippen molar-refractivity contribution in [3.05, 3.63) is 50.4 Å². The van der Waals surface area contributed by atoms with Crippen LogP contribution in [0.3, 0.4) is 0 Å². The summed E-state index contributed by atoms with van der Waals surface area (Å²) in [5.74, 6) is 1.39. The van der Waals surface area contributed by atoms with E-state index in [1.165, 1.54) is 0 Å². The van der Waals surface area contributed by atoms with Gasteiger partial charge in [0.05, 0.1) is 31.0 Å². The van der Waals surface area contributed by atoms with Gasteiger partial charge in [0.2, 0.25) is 0 Å². The molecular formula is C20H22Br2N2O4. The van der Waals surface area contributed by atoms with E-state index in [2.05, 4.69) is 42.4 Å². The summed E-state index contributed by atoms with van der Waals surface area (Å²) in [4.78, 5) is 12.4. The average molecular weight is 514 g/mol. The smallest absolute Gasteiger partial charge is 0.271 e. The van der Waals surface area contributed by atoms with Crippen molar-refractivity contribution < 1.29 is 19.0 Å². The zero-order chi connectivity index (χ0) is 20.5. The highest BCUT2D eigenvalue weighted by atomic mass is 79.9. The number of ether oxygens (including phenoxy) is 3. The highest BCUT2D eigenvalue weighted by molar-refractivity contribution is 9.11. The Morgan fingerprint density at radius 2 is 1.93 bits per heavy atom. The number of halogens is 2. The number of nitrogens with zero attached hydrogens (tertiary/aromatic N) is 1. The molecule has 0 aromatic heterocycles. The second-order valence-electron chi connectivity index (χ2n) is 5.65. The van der Waals surface area contributed by atoms with Crippen LogP contribution in [-0.4, -0.2) is 32.4 Å². The zero-order valence-corrected chi connectivity index (χ0v) is 19.1. The molecule has 2 rings (SSSR count). The summed E-state index contributed by atoms with van der Waals surface area (Å²) in [5, 5.41) is 4.07. The van der Waals surface area contributed by atoms with Gasteiger partial charge in [0.25, 0.3) is 5.91 Å². The fraction of sp³-hybridized carbons (Fsp3) is 0.300. The van der Waals surface area contributed by atoms with Crippen LogP contribution in [0, 0.1) is 0 Å². The summed E-state index contributed by atoms with van der Waals surface area (Å²) in [7, 11) is 1.55. The van der Waals surface area contributed by atoms with Crippen molar-refractivity contribution in [1.82, 2.24) is 5.43 Å². The molecule has 0 radical (unpaired) electrons. The van der Waals surface area contributed by atoms with Crippen LogP contribution in [0.5, 0.6) is 17.2 Å². The van der Waals surface area contributed by atoms with E-state index in [1.807, 2.05) is 26.0 Å². The molecule has 0 heterocycles. The molecular weight excluding hydrogens is 492 g/mol. The zero-order valence-electron chi connectivity index (χ0n) is 15.9. The Morgan fingerprint density at radius 3 is 2.61 bits per heavy atom. The van der Waals surface area contributed by atoms with Gasteiger partial charge >= 0.3 is 0 Å². The molecule has 1 N–H and O–H groups in total. The summed E-state index contributed by atoms with van der Waals surface area (Å²) in [6, 6.07) is 8.72. The number of amides is 1. The van der Waals surface area contributed by atoms with Gasteiger partial charge in [-0.2, -0.15) is 5.10 Å². The number of methoxy groups -OCH3 is 1. The van der Waals surface area contributed by atoms with Crippen LogP contribution in [0.4, 0.5) is 0 Å². The van der Waals surface area contributed by atoms with Gasteiger partial charge in [-0.1, -0.05) is 22.9 Å². The lowest BCUT2D eigenvalue weighted by Crippen LogP contribution is -2.18. The molecule has 0 spiro atoms. The maximum atomic E-state index is 12.4. The fourth-order valence-corrected chi connectivity index (χ4v) is 3.72. The van der Waals surface area contributed by atoms with Crippen LogP contribution < -0.4 is 19.6 Å². The summed E-state index contributed by atoms with van der Waals surface area (Å²) in [6.07, 6.45) is 2.43. The molecule has 0 saturated carbocycles. The lowest BCUT2D eigenvalue weighted by Gasteiger charge is -2.11. The minimum atomic E-state index is -0.357. The van der Waals surface area contributed by atoms with Gasteiger partial charge in [0.15, 0.2) is 11.5 Å². The van der Waals surface area contributed by atoms with Gasteiger partial charge in [0.1, 0.15) is 5.75 Å². The van der Waals surface area contributed by atoms with Crippen molar-refractivity contribution in [1.29, 1.82) is 0 Å². The van der Waals surface area contributed by atoms with E-state index in [0.717, 1.165) is 20.9 Å². The van der Waals surface area contributed by atoms with Crippen LogP contribution in [0.2, 0.25) is 0 Å². The van der Waals surface area contributed by atoms with E-state index < -0.39 is 0 Å². The summed E-state index contributed by atoms with van der Waals surface area (Å²) < 4.78 is 18.2. The van der Waals surface area contributed by atoms with Crippen LogP contribution in [0.1, 0.15) is 36.2 Å². The minimum Gasteiger partial charge on any atom is -0.493 e. The van der Waals surface area contributed by atoms with Crippen molar-refractivity contribution in [3.8, 4) is 17.2 Å². The van der Waals surface area contributed by atoms with Crippen LogP contribution in [0.15, 0.2) is 44.4 Å². The van der Waals surface area contributed by atoms with E-state index in [0.29, 0.717) is 36.0 Å². The summed E-state index contributed by atoms with van der Waals surface area (Å²) in [6.45, 7) is 4.95. The van der Waals surface area contributed by atoms with E-state index in [-0.39, 0.29) is 5.91 Å². The SMILES string of the molecule is CCCOc1c(Br)cc(Br)cc1/C=N/NC(=O)c1ccc(OC)c(OCC)c1. The molecule has 150 valence electrons. The molecule has 1 amide bonds. The first-order valence-corrected chi connectivity index (χ1v) is 10.3. The Kier molecular flexibility index (Phi) is 8.79. The molecule has 0 aliphatic heterocycles. The van der Waals surface area contributed by atoms with Crippen LogP contribution >= 0.6 is 31.9 Å². The first-order chi connectivity index (χ1) is 13.5. The topological polar surface area (TPSA) is 69.2 Å². The van der Waals surface area contributed by atoms with Crippen molar-refractivity contribution in [2.75, 3.05) is 20.3 Å². The average Bonchev–Trinajstić information content (AvgIpc) is 2.67. The Balaban J connectivity index is 2.16. The molecule has 0 unspecified atom stereocenters. The number of rotatable bonds is 9. The van der Waals surface area contributed by atoms with E-state index in [4.69, 9.17) is 14.2 Å². The minimum absolute atomic E-state index is 0.357. The third kappa shape index (κ3) is 5.97. The normalized spacial score (nSPS) is 10.8. The van der Waals surface area contributed by atoms with Gasteiger partial charge < -0.3 is 14.2 Å². The second kappa shape index (κ2) is 11.1.